The maximum absolute atomic E-state index is 5.57. The summed E-state index contributed by atoms with van der Waals surface area (Å²) in [6, 6.07) is 14.4. The highest BCUT2D eigenvalue weighted by Gasteiger charge is 2.14. The minimum Gasteiger partial charge on any atom is -0.399 e. The van der Waals surface area contributed by atoms with E-state index >= 15 is 0 Å². The van der Waals surface area contributed by atoms with E-state index < -0.39 is 0 Å². The summed E-state index contributed by atoms with van der Waals surface area (Å²) in [5.41, 5.74) is 9.51. The quantitative estimate of drug-likeness (QED) is 0.435. The molecule has 0 aliphatic rings. The van der Waals surface area contributed by atoms with Crippen LogP contribution in [0, 0.1) is 0 Å². The first-order valence-corrected chi connectivity index (χ1v) is 9.31. The van der Waals surface area contributed by atoms with Crippen molar-refractivity contribution in [2.75, 3.05) is 5.73 Å². The van der Waals surface area contributed by atoms with Gasteiger partial charge in [-0.1, -0.05) is 85.5 Å². The molecule has 0 aliphatic heterocycles. The summed E-state index contributed by atoms with van der Waals surface area (Å²) in [4.78, 5) is 0. The molecule has 0 unspecified atom stereocenters. The number of rotatable bonds is 0. The summed E-state index contributed by atoms with van der Waals surface area (Å²) in [5.74, 6) is 0. The lowest BCUT2D eigenvalue weighted by Crippen LogP contribution is -2.10. The summed E-state index contributed by atoms with van der Waals surface area (Å²) in [6.45, 7) is 13.2. The van der Waals surface area contributed by atoms with Gasteiger partial charge in [0.1, 0.15) is 0 Å². The molecule has 2 rings (SSSR count). The molecule has 0 spiro atoms. The van der Waals surface area contributed by atoms with Gasteiger partial charge in [0.25, 0.3) is 0 Å². The average Bonchev–Trinajstić information content (AvgIpc) is 2.36. The SMILES string of the molecule is CC(C)(C)c1cc(Br)cc(Br)c1.CC(C)(C)c1ccc(N)cc1. The lowest BCUT2D eigenvalue weighted by atomic mass is 9.87. The van der Waals surface area contributed by atoms with Crippen LogP contribution in [0.3, 0.4) is 0 Å². The van der Waals surface area contributed by atoms with Crippen molar-refractivity contribution in [3.05, 3.63) is 62.5 Å². The fraction of sp³-hybridized carbons (Fsp3) is 0.400. The molecular weight excluding hydrogens is 414 g/mol. The second-order valence-electron chi connectivity index (χ2n) is 7.78. The zero-order valence-corrected chi connectivity index (χ0v) is 18.0. The largest absolute Gasteiger partial charge is 0.399 e. The summed E-state index contributed by atoms with van der Waals surface area (Å²) in [6.07, 6.45) is 0. The number of benzene rings is 2. The Hall–Kier alpha value is -0.800. The van der Waals surface area contributed by atoms with Crippen molar-refractivity contribution in [3.63, 3.8) is 0 Å². The summed E-state index contributed by atoms with van der Waals surface area (Å²) in [5, 5.41) is 0. The molecule has 0 aliphatic carbocycles. The van der Waals surface area contributed by atoms with Crippen LogP contribution in [0.4, 0.5) is 5.69 Å². The molecule has 126 valence electrons. The molecule has 23 heavy (non-hydrogen) atoms. The number of anilines is 1. The van der Waals surface area contributed by atoms with Gasteiger partial charge in [-0.25, -0.2) is 0 Å². The third-order valence-corrected chi connectivity index (χ3v) is 4.42. The van der Waals surface area contributed by atoms with Gasteiger partial charge in [0.2, 0.25) is 0 Å². The fourth-order valence-corrected chi connectivity index (χ4v) is 3.26. The fourth-order valence-electron chi connectivity index (χ4n) is 1.97. The molecule has 0 heterocycles. The number of hydrogen-bond acceptors (Lipinski definition) is 1. The smallest absolute Gasteiger partial charge is 0.0314 e. The standard InChI is InChI=1S/C10H12Br2.C10H15N/c1-10(2,3)7-4-8(11)6-9(12)5-7;1-10(2,3)8-4-6-9(11)7-5-8/h4-6H,1-3H3;4-7H,11H2,1-3H3. The van der Waals surface area contributed by atoms with E-state index in [4.69, 9.17) is 5.73 Å². The summed E-state index contributed by atoms with van der Waals surface area (Å²) in [7, 11) is 0. The van der Waals surface area contributed by atoms with Crippen LogP contribution >= 0.6 is 31.9 Å². The van der Waals surface area contributed by atoms with Crippen LogP contribution in [-0.2, 0) is 10.8 Å². The second-order valence-corrected chi connectivity index (χ2v) is 9.61. The highest BCUT2D eigenvalue weighted by molar-refractivity contribution is 9.11. The van der Waals surface area contributed by atoms with Crippen molar-refractivity contribution in [2.24, 2.45) is 0 Å². The molecule has 2 aromatic rings. The Morgan fingerprint density at radius 2 is 1.04 bits per heavy atom. The van der Waals surface area contributed by atoms with E-state index in [0.29, 0.717) is 0 Å². The molecule has 0 bridgehead atoms. The number of halogens is 2. The van der Waals surface area contributed by atoms with Crippen molar-refractivity contribution in [2.45, 2.75) is 52.4 Å². The lowest BCUT2D eigenvalue weighted by Gasteiger charge is -2.19. The molecular formula is C20H27Br2N. The van der Waals surface area contributed by atoms with Crippen LogP contribution in [0.25, 0.3) is 0 Å². The van der Waals surface area contributed by atoms with Crippen LogP contribution in [0.1, 0.15) is 52.7 Å². The first kappa shape index (κ1) is 20.2. The predicted molar refractivity (Wildman–Crippen MR) is 110 cm³/mol. The van der Waals surface area contributed by atoms with Gasteiger partial charge in [-0.05, 0) is 52.3 Å². The van der Waals surface area contributed by atoms with E-state index in [0.717, 1.165) is 14.6 Å². The lowest BCUT2D eigenvalue weighted by molar-refractivity contribution is 0.589. The maximum Gasteiger partial charge on any atom is 0.0314 e. The van der Waals surface area contributed by atoms with Crippen molar-refractivity contribution in [1.82, 2.24) is 0 Å². The van der Waals surface area contributed by atoms with E-state index in [1.807, 2.05) is 12.1 Å². The van der Waals surface area contributed by atoms with Gasteiger partial charge in [0, 0.05) is 14.6 Å². The Kier molecular flexibility index (Phi) is 6.91. The van der Waals surface area contributed by atoms with Gasteiger partial charge in [-0.3, -0.25) is 0 Å². The Morgan fingerprint density at radius 1 is 0.652 bits per heavy atom. The Morgan fingerprint density at radius 3 is 1.39 bits per heavy atom. The third kappa shape index (κ3) is 7.09. The molecule has 0 aromatic heterocycles. The van der Waals surface area contributed by atoms with Gasteiger partial charge in [-0.15, -0.1) is 0 Å². The third-order valence-electron chi connectivity index (χ3n) is 3.51. The minimum absolute atomic E-state index is 0.215. The molecule has 3 heteroatoms. The molecule has 0 fully saturated rings. The average molecular weight is 441 g/mol. The topological polar surface area (TPSA) is 26.0 Å². The normalized spacial score (nSPS) is 11.7. The van der Waals surface area contributed by atoms with E-state index in [9.17, 15) is 0 Å². The van der Waals surface area contributed by atoms with Gasteiger partial charge in [-0.2, -0.15) is 0 Å². The van der Waals surface area contributed by atoms with Gasteiger partial charge < -0.3 is 5.73 Å². The van der Waals surface area contributed by atoms with Crippen LogP contribution in [0.5, 0.6) is 0 Å². The van der Waals surface area contributed by atoms with E-state index in [-0.39, 0.29) is 10.8 Å². The maximum atomic E-state index is 5.57. The molecule has 0 atom stereocenters. The first-order chi connectivity index (χ1) is 10.4. The molecule has 0 saturated carbocycles. The van der Waals surface area contributed by atoms with E-state index in [1.165, 1.54) is 11.1 Å². The number of hydrogen-bond donors (Lipinski definition) is 1. The molecule has 0 saturated heterocycles. The Labute approximate surface area is 157 Å². The minimum atomic E-state index is 0.215. The number of nitrogens with two attached hydrogens (primary N) is 1. The summed E-state index contributed by atoms with van der Waals surface area (Å²) < 4.78 is 2.25. The van der Waals surface area contributed by atoms with Crippen molar-refractivity contribution < 1.29 is 0 Å². The molecule has 2 N–H and O–H groups in total. The number of nitrogen functional groups attached to an aromatic ring is 1. The highest BCUT2D eigenvalue weighted by Crippen LogP contribution is 2.28. The Bertz CT molecular complexity index is 612. The monoisotopic (exact) mass is 439 g/mol. The van der Waals surface area contributed by atoms with Gasteiger partial charge in [0.15, 0.2) is 0 Å². The van der Waals surface area contributed by atoms with Crippen LogP contribution in [0.2, 0.25) is 0 Å². The molecule has 0 amide bonds. The van der Waals surface area contributed by atoms with Gasteiger partial charge in [0.05, 0.1) is 0 Å². The van der Waals surface area contributed by atoms with E-state index in [2.05, 4.69) is 104 Å². The van der Waals surface area contributed by atoms with E-state index in [1.54, 1.807) is 0 Å². The highest BCUT2D eigenvalue weighted by atomic mass is 79.9. The molecule has 1 nitrogen and oxygen atoms in total. The zero-order valence-electron chi connectivity index (χ0n) is 14.9. The van der Waals surface area contributed by atoms with Crippen LogP contribution in [0.15, 0.2) is 51.4 Å². The van der Waals surface area contributed by atoms with Crippen LogP contribution < -0.4 is 5.73 Å². The predicted octanol–water partition coefficient (Wildman–Crippen LogP) is 7.08. The second kappa shape index (κ2) is 7.85. The zero-order chi connectivity index (χ0) is 17.8. The van der Waals surface area contributed by atoms with Crippen molar-refractivity contribution in [1.29, 1.82) is 0 Å². The van der Waals surface area contributed by atoms with Crippen molar-refractivity contribution in [3.8, 4) is 0 Å². The first-order valence-electron chi connectivity index (χ1n) is 7.72. The van der Waals surface area contributed by atoms with Crippen molar-refractivity contribution >= 4 is 37.5 Å². The molecule has 0 radical (unpaired) electrons. The van der Waals surface area contributed by atoms with Gasteiger partial charge >= 0.3 is 0 Å². The summed E-state index contributed by atoms with van der Waals surface area (Å²) >= 11 is 6.95. The molecule has 2 aromatic carbocycles. The van der Waals surface area contributed by atoms with Crippen LogP contribution in [-0.4, -0.2) is 0 Å². The Balaban J connectivity index is 0.000000231.